The normalized spacial score (nSPS) is 24.4. The van der Waals surface area contributed by atoms with Crippen LogP contribution in [-0.4, -0.2) is 24.5 Å². The Labute approximate surface area is 101 Å². The Morgan fingerprint density at radius 2 is 2.24 bits per heavy atom. The first-order chi connectivity index (χ1) is 8.07. The van der Waals surface area contributed by atoms with E-state index >= 15 is 0 Å². The SMILES string of the molecule is CCCCCOC(=O)C1=CCC(C)C(=O)C1F. The number of esters is 1. The predicted molar refractivity (Wildman–Crippen MR) is 62.3 cm³/mol. The highest BCUT2D eigenvalue weighted by atomic mass is 19.1. The summed E-state index contributed by atoms with van der Waals surface area (Å²) in [5.41, 5.74) is -0.121. The number of hydrogen-bond donors (Lipinski definition) is 0. The van der Waals surface area contributed by atoms with Crippen LogP contribution in [0.1, 0.15) is 39.5 Å². The van der Waals surface area contributed by atoms with Gasteiger partial charge < -0.3 is 4.74 Å². The van der Waals surface area contributed by atoms with Gasteiger partial charge in [0.1, 0.15) is 0 Å². The van der Waals surface area contributed by atoms with E-state index in [1.807, 2.05) is 6.92 Å². The average molecular weight is 242 g/mol. The molecule has 0 aliphatic heterocycles. The van der Waals surface area contributed by atoms with Crippen molar-refractivity contribution in [3.05, 3.63) is 11.6 Å². The fourth-order valence-electron chi connectivity index (χ4n) is 1.71. The van der Waals surface area contributed by atoms with E-state index in [1.165, 1.54) is 6.08 Å². The highest BCUT2D eigenvalue weighted by Gasteiger charge is 2.34. The molecule has 0 aromatic heterocycles. The van der Waals surface area contributed by atoms with Gasteiger partial charge in [0, 0.05) is 5.92 Å². The second kappa shape index (κ2) is 6.52. The third-order valence-corrected chi connectivity index (χ3v) is 2.92. The molecule has 0 spiro atoms. The maximum absolute atomic E-state index is 13.6. The molecule has 0 bridgehead atoms. The smallest absolute Gasteiger partial charge is 0.337 e. The van der Waals surface area contributed by atoms with Gasteiger partial charge in [0.25, 0.3) is 0 Å². The number of hydrogen-bond acceptors (Lipinski definition) is 3. The van der Waals surface area contributed by atoms with Crippen LogP contribution in [0.25, 0.3) is 0 Å². The van der Waals surface area contributed by atoms with Gasteiger partial charge >= 0.3 is 5.97 Å². The van der Waals surface area contributed by atoms with Crippen molar-refractivity contribution >= 4 is 11.8 Å². The quantitative estimate of drug-likeness (QED) is 0.549. The molecule has 17 heavy (non-hydrogen) atoms. The molecule has 2 atom stereocenters. The molecule has 0 radical (unpaired) electrons. The monoisotopic (exact) mass is 242 g/mol. The molecule has 0 N–H and O–H groups in total. The van der Waals surface area contributed by atoms with Crippen molar-refractivity contribution in [2.75, 3.05) is 6.61 Å². The molecular formula is C13H19FO3. The van der Waals surface area contributed by atoms with Crippen molar-refractivity contribution in [3.8, 4) is 0 Å². The van der Waals surface area contributed by atoms with E-state index in [2.05, 4.69) is 0 Å². The summed E-state index contributed by atoms with van der Waals surface area (Å²) in [7, 11) is 0. The fourth-order valence-corrected chi connectivity index (χ4v) is 1.71. The van der Waals surface area contributed by atoms with E-state index in [0.717, 1.165) is 19.3 Å². The minimum Gasteiger partial charge on any atom is -0.462 e. The number of carbonyl (C=O) groups is 2. The molecule has 0 aromatic carbocycles. The molecule has 0 fully saturated rings. The van der Waals surface area contributed by atoms with Crippen LogP contribution in [0.15, 0.2) is 11.6 Å². The summed E-state index contributed by atoms with van der Waals surface area (Å²) in [4.78, 5) is 22.9. The van der Waals surface area contributed by atoms with Crippen LogP contribution >= 0.6 is 0 Å². The van der Waals surface area contributed by atoms with Gasteiger partial charge in [-0.15, -0.1) is 0 Å². The van der Waals surface area contributed by atoms with Gasteiger partial charge in [-0.2, -0.15) is 0 Å². The molecule has 4 heteroatoms. The van der Waals surface area contributed by atoms with Crippen LogP contribution in [0, 0.1) is 5.92 Å². The lowest BCUT2D eigenvalue weighted by Crippen LogP contribution is -2.32. The van der Waals surface area contributed by atoms with Crippen LogP contribution in [0.4, 0.5) is 4.39 Å². The van der Waals surface area contributed by atoms with E-state index in [1.54, 1.807) is 6.92 Å². The second-order valence-electron chi connectivity index (χ2n) is 4.40. The molecule has 0 saturated heterocycles. The summed E-state index contributed by atoms with van der Waals surface area (Å²) < 4.78 is 18.5. The van der Waals surface area contributed by atoms with E-state index in [4.69, 9.17) is 4.74 Å². The van der Waals surface area contributed by atoms with Gasteiger partial charge in [-0.25, -0.2) is 9.18 Å². The van der Waals surface area contributed by atoms with Crippen molar-refractivity contribution in [2.24, 2.45) is 5.92 Å². The average Bonchev–Trinajstić information content (AvgIpc) is 2.31. The highest BCUT2D eigenvalue weighted by Crippen LogP contribution is 2.23. The molecule has 0 heterocycles. The predicted octanol–water partition coefficient (Wildman–Crippen LogP) is 2.59. The Morgan fingerprint density at radius 1 is 1.53 bits per heavy atom. The zero-order valence-electron chi connectivity index (χ0n) is 10.4. The van der Waals surface area contributed by atoms with E-state index in [0.29, 0.717) is 13.0 Å². The summed E-state index contributed by atoms with van der Waals surface area (Å²) >= 11 is 0. The number of ether oxygens (including phenoxy) is 1. The minimum atomic E-state index is -1.81. The first-order valence-electron chi connectivity index (χ1n) is 6.12. The maximum atomic E-state index is 13.6. The molecular weight excluding hydrogens is 223 g/mol. The van der Waals surface area contributed by atoms with Crippen molar-refractivity contribution in [1.29, 1.82) is 0 Å². The van der Waals surface area contributed by atoms with Crippen molar-refractivity contribution in [1.82, 2.24) is 0 Å². The molecule has 2 unspecified atom stereocenters. The zero-order chi connectivity index (χ0) is 12.8. The van der Waals surface area contributed by atoms with Gasteiger partial charge in [-0.1, -0.05) is 32.8 Å². The molecule has 0 aromatic rings. The summed E-state index contributed by atoms with van der Waals surface area (Å²) in [6.07, 6.45) is 2.87. The lowest BCUT2D eigenvalue weighted by molar-refractivity contribution is -0.142. The molecule has 3 nitrogen and oxygen atoms in total. The molecule has 1 aliphatic rings. The molecule has 1 rings (SSSR count). The summed E-state index contributed by atoms with van der Waals surface area (Å²) in [6, 6.07) is 0. The number of ketones is 1. The van der Waals surface area contributed by atoms with Gasteiger partial charge in [0.05, 0.1) is 12.2 Å². The van der Waals surface area contributed by atoms with Crippen molar-refractivity contribution in [3.63, 3.8) is 0 Å². The molecule has 1 aliphatic carbocycles. The largest absolute Gasteiger partial charge is 0.462 e. The number of Topliss-reactive ketones (excluding diaryl/α,β-unsaturated/α-hetero) is 1. The van der Waals surface area contributed by atoms with Crippen LogP contribution in [0.5, 0.6) is 0 Å². The fraction of sp³-hybridized carbons (Fsp3) is 0.692. The zero-order valence-corrected chi connectivity index (χ0v) is 10.4. The molecule has 0 saturated carbocycles. The number of rotatable bonds is 5. The minimum absolute atomic E-state index is 0.121. The number of unbranched alkanes of at least 4 members (excludes halogenated alkanes) is 2. The Hall–Kier alpha value is -1.19. The summed E-state index contributed by atoms with van der Waals surface area (Å²) in [5, 5.41) is 0. The van der Waals surface area contributed by atoms with Crippen molar-refractivity contribution in [2.45, 2.75) is 45.7 Å². The van der Waals surface area contributed by atoms with Crippen LogP contribution in [-0.2, 0) is 14.3 Å². The molecule has 0 amide bonds. The summed E-state index contributed by atoms with van der Waals surface area (Å²) in [5.74, 6) is -1.55. The third kappa shape index (κ3) is 3.65. The maximum Gasteiger partial charge on any atom is 0.337 e. The van der Waals surface area contributed by atoms with Crippen LogP contribution < -0.4 is 0 Å². The van der Waals surface area contributed by atoms with Gasteiger partial charge in [-0.3, -0.25) is 4.79 Å². The van der Waals surface area contributed by atoms with E-state index < -0.39 is 17.9 Å². The van der Waals surface area contributed by atoms with Crippen LogP contribution in [0.3, 0.4) is 0 Å². The lowest BCUT2D eigenvalue weighted by Gasteiger charge is -2.20. The molecule has 96 valence electrons. The number of allylic oxidation sites excluding steroid dienone is 1. The van der Waals surface area contributed by atoms with Gasteiger partial charge in [-0.05, 0) is 12.8 Å². The second-order valence-corrected chi connectivity index (χ2v) is 4.40. The first-order valence-corrected chi connectivity index (χ1v) is 6.12. The Kier molecular flexibility index (Phi) is 5.32. The highest BCUT2D eigenvalue weighted by molar-refractivity contribution is 6.01. The van der Waals surface area contributed by atoms with E-state index in [-0.39, 0.29) is 11.5 Å². The third-order valence-electron chi connectivity index (χ3n) is 2.92. The number of alkyl halides is 1. The Bertz CT molecular complexity index is 323. The van der Waals surface area contributed by atoms with Crippen LogP contribution in [0.2, 0.25) is 0 Å². The van der Waals surface area contributed by atoms with Gasteiger partial charge in [0.2, 0.25) is 0 Å². The topological polar surface area (TPSA) is 43.4 Å². The lowest BCUT2D eigenvalue weighted by atomic mass is 9.88. The Balaban J connectivity index is 2.49. The number of carbonyl (C=O) groups excluding carboxylic acids is 2. The van der Waals surface area contributed by atoms with E-state index in [9.17, 15) is 14.0 Å². The summed E-state index contributed by atoms with van der Waals surface area (Å²) in [6.45, 7) is 4.00. The van der Waals surface area contributed by atoms with Crippen molar-refractivity contribution < 1.29 is 18.7 Å². The number of halogens is 1. The van der Waals surface area contributed by atoms with Gasteiger partial charge in [0.15, 0.2) is 12.0 Å². The Morgan fingerprint density at radius 3 is 2.88 bits per heavy atom. The first kappa shape index (κ1) is 13.9. The standard InChI is InChI=1S/C13H19FO3/c1-3-4-5-8-17-13(16)10-7-6-9(2)12(15)11(10)14/h7,9,11H,3-6,8H2,1-2H3.